The average Bonchev–Trinajstić information content (AvgIpc) is 2.52. The Labute approximate surface area is 81.9 Å². The van der Waals surface area contributed by atoms with Crippen LogP contribution in [0.25, 0.3) is 0 Å². The topological polar surface area (TPSA) is 63.3 Å². The molecular weight excluding hydrogens is 182 g/mol. The van der Waals surface area contributed by atoms with E-state index in [2.05, 4.69) is 12.1 Å². The highest BCUT2D eigenvalue weighted by Crippen LogP contribution is 2.45. The first-order valence-corrected chi connectivity index (χ1v) is 4.88. The molecule has 1 aliphatic rings. The smallest absolute Gasteiger partial charge is 0.374 e. The van der Waals surface area contributed by atoms with Crippen molar-refractivity contribution < 1.29 is 14.4 Å². The summed E-state index contributed by atoms with van der Waals surface area (Å²) < 4.78 is 4.76. The fourth-order valence-corrected chi connectivity index (χ4v) is 2.02. The van der Waals surface area contributed by atoms with Crippen LogP contribution in [0, 0.1) is 0 Å². The Balaban J connectivity index is 2.27. The molecule has 1 aromatic rings. The second-order valence-corrected chi connectivity index (χ2v) is 3.87. The minimum atomic E-state index is -1.05. The van der Waals surface area contributed by atoms with Crippen molar-refractivity contribution in [1.82, 2.24) is 5.16 Å². The Bertz CT molecular complexity index is 346. The number of nitrogens with zero attached hydrogens (tertiary/aromatic N) is 1. The first-order chi connectivity index (χ1) is 6.68. The fraction of sp³-hybridized carbons (Fsp3) is 0.600. The second-order valence-electron chi connectivity index (χ2n) is 3.87. The quantitative estimate of drug-likeness (QED) is 0.803. The molecule has 0 aliphatic heterocycles. The highest BCUT2D eigenvalue weighted by molar-refractivity contribution is 5.84. The van der Waals surface area contributed by atoms with Crippen LogP contribution in [-0.4, -0.2) is 16.2 Å². The largest absolute Gasteiger partial charge is 0.475 e. The normalized spacial score (nSPS) is 18.9. The standard InChI is InChI=1S/C10H13NO3/c1-2-10(4-3-5-10)8-6-7(9(12)13)14-11-8/h6H,2-5H2,1H3,(H,12,13). The maximum absolute atomic E-state index is 10.6. The van der Waals surface area contributed by atoms with Crippen LogP contribution in [0.4, 0.5) is 0 Å². The van der Waals surface area contributed by atoms with Gasteiger partial charge >= 0.3 is 5.97 Å². The van der Waals surface area contributed by atoms with E-state index in [-0.39, 0.29) is 11.2 Å². The van der Waals surface area contributed by atoms with Crippen molar-refractivity contribution >= 4 is 5.97 Å². The van der Waals surface area contributed by atoms with Gasteiger partial charge in [-0.15, -0.1) is 0 Å². The average molecular weight is 195 g/mol. The lowest BCUT2D eigenvalue weighted by atomic mass is 9.65. The number of hydrogen-bond donors (Lipinski definition) is 1. The summed E-state index contributed by atoms with van der Waals surface area (Å²) in [5.74, 6) is -1.10. The Morgan fingerprint density at radius 2 is 2.43 bits per heavy atom. The summed E-state index contributed by atoms with van der Waals surface area (Å²) in [5.41, 5.74) is 0.903. The predicted molar refractivity (Wildman–Crippen MR) is 49.3 cm³/mol. The van der Waals surface area contributed by atoms with Gasteiger partial charge in [-0.05, 0) is 19.3 Å². The van der Waals surface area contributed by atoms with Gasteiger partial charge in [0.15, 0.2) is 0 Å². The lowest BCUT2D eigenvalue weighted by Crippen LogP contribution is -2.33. The van der Waals surface area contributed by atoms with Crippen LogP contribution >= 0.6 is 0 Å². The van der Waals surface area contributed by atoms with Crippen LogP contribution in [0.5, 0.6) is 0 Å². The maximum atomic E-state index is 10.6. The lowest BCUT2D eigenvalue weighted by molar-refractivity contribution is 0.0651. The molecule has 0 aromatic carbocycles. The summed E-state index contributed by atoms with van der Waals surface area (Å²) in [4.78, 5) is 10.6. The van der Waals surface area contributed by atoms with E-state index in [9.17, 15) is 4.79 Å². The zero-order chi connectivity index (χ0) is 10.2. The van der Waals surface area contributed by atoms with Crippen molar-refractivity contribution in [2.24, 2.45) is 0 Å². The van der Waals surface area contributed by atoms with Crippen LogP contribution in [0.1, 0.15) is 48.9 Å². The molecule has 0 bridgehead atoms. The van der Waals surface area contributed by atoms with E-state index in [0.29, 0.717) is 0 Å². The Kier molecular flexibility index (Phi) is 2.06. The number of aromatic carboxylic acids is 1. The zero-order valence-corrected chi connectivity index (χ0v) is 8.12. The molecular formula is C10H13NO3. The summed E-state index contributed by atoms with van der Waals surface area (Å²) >= 11 is 0. The van der Waals surface area contributed by atoms with Crippen LogP contribution < -0.4 is 0 Å². The van der Waals surface area contributed by atoms with Crippen molar-refractivity contribution in [2.45, 2.75) is 38.0 Å². The predicted octanol–water partition coefficient (Wildman–Crippen LogP) is 2.20. The molecule has 1 heterocycles. The van der Waals surface area contributed by atoms with Gasteiger partial charge in [0, 0.05) is 11.5 Å². The maximum Gasteiger partial charge on any atom is 0.374 e. The molecule has 4 heteroatoms. The zero-order valence-electron chi connectivity index (χ0n) is 8.12. The van der Waals surface area contributed by atoms with Crippen LogP contribution in [0.15, 0.2) is 10.6 Å². The molecule has 2 rings (SSSR count). The molecule has 1 aromatic heterocycles. The third-order valence-electron chi connectivity index (χ3n) is 3.25. The van der Waals surface area contributed by atoms with Gasteiger partial charge in [0.2, 0.25) is 5.76 Å². The molecule has 4 nitrogen and oxygen atoms in total. The van der Waals surface area contributed by atoms with E-state index in [1.54, 1.807) is 6.07 Å². The molecule has 1 N–H and O–H groups in total. The van der Waals surface area contributed by atoms with Gasteiger partial charge in [0.1, 0.15) is 0 Å². The Morgan fingerprint density at radius 3 is 2.79 bits per heavy atom. The molecule has 0 unspecified atom stereocenters. The summed E-state index contributed by atoms with van der Waals surface area (Å²) in [5, 5.41) is 12.5. The number of carboxylic acid groups (broad SMARTS) is 1. The number of carbonyl (C=O) groups is 1. The first-order valence-electron chi connectivity index (χ1n) is 4.88. The summed E-state index contributed by atoms with van der Waals surface area (Å²) in [6.07, 6.45) is 4.38. The summed E-state index contributed by atoms with van der Waals surface area (Å²) in [6, 6.07) is 1.56. The summed E-state index contributed by atoms with van der Waals surface area (Å²) in [6.45, 7) is 2.11. The van der Waals surface area contributed by atoms with Crippen molar-refractivity contribution in [3.63, 3.8) is 0 Å². The molecule has 0 spiro atoms. The second kappa shape index (κ2) is 3.12. The molecule has 1 fully saturated rings. The minimum absolute atomic E-state index is 0.0558. The van der Waals surface area contributed by atoms with E-state index in [1.807, 2.05) is 0 Å². The van der Waals surface area contributed by atoms with E-state index >= 15 is 0 Å². The van der Waals surface area contributed by atoms with Gasteiger partial charge in [-0.1, -0.05) is 18.5 Å². The highest BCUT2D eigenvalue weighted by atomic mass is 16.5. The van der Waals surface area contributed by atoms with E-state index in [1.165, 1.54) is 6.42 Å². The van der Waals surface area contributed by atoms with E-state index in [4.69, 9.17) is 9.63 Å². The number of carboxylic acids is 1. The van der Waals surface area contributed by atoms with Gasteiger partial charge < -0.3 is 9.63 Å². The molecule has 1 saturated carbocycles. The van der Waals surface area contributed by atoms with E-state index in [0.717, 1.165) is 25.0 Å². The van der Waals surface area contributed by atoms with Gasteiger partial charge in [0.25, 0.3) is 0 Å². The molecule has 0 atom stereocenters. The Hall–Kier alpha value is -1.32. The summed E-state index contributed by atoms with van der Waals surface area (Å²) in [7, 11) is 0. The Morgan fingerprint density at radius 1 is 1.71 bits per heavy atom. The number of rotatable bonds is 3. The lowest BCUT2D eigenvalue weighted by Gasteiger charge is -2.39. The SMILES string of the molecule is CCC1(c2cc(C(=O)O)on2)CCC1. The van der Waals surface area contributed by atoms with Gasteiger partial charge in [-0.3, -0.25) is 0 Å². The number of hydrogen-bond acceptors (Lipinski definition) is 3. The molecule has 0 amide bonds. The third kappa shape index (κ3) is 1.22. The van der Waals surface area contributed by atoms with Crippen molar-refractivity contribution in [3.8, 4) is 0 Å². The molecule has 14 heavy (non-hydrogen) atoms. The number of aromatic nitrogens is 1. The van der Waals surface area contributed by atoms with Crippen LogP contribution in [-0.2, 0) is 5.41 Å². The van der Waals surface area contributed by atoms with E-state index < -0.39 is 5.97 Å². The fourth-order valence-electron chi connectivity index (χ4n) is 2.02. The first kappa shape index (κ1) is 9.24. The van der Waals surface area contributed by atoms with Gasteiger partial charge in [0.05, 0.1) is 5.69 Å². The minimum Gasteiger partial charge on any atom is -0.475 e. The molecule has 1 aliphatic carbocycles. The monoisotopic (exact) mass is 195 g/mol. The third-order valence-corrected chi connectivity index (χ3v) is 3.25. The molecule has 0 saturated heterocycles. The highest BCUT2D eigenvalue weighted by Gasteiger charge is 2.39. The van der Waals surface area contributed by atoms with Crippen molar-refractivity contribution in [1.29, 1.82) is 0 Å². The molecule has 76 valence electrons. The van der Waals surface area contributed by atoms with Gasteiger partial charge in [-0.25, -0.2) is 4.79 Å². The van der Waals surface area contributed by atoms with Crippen molar-refractivity contribution in [2.75, 3.05) is 0 Å². The van der Waals surface area contributed by atoms with Crippen LogP contribution in [0.2, 0.25) is 0 Å². The molecule has 0 radical (unpaired) electrons. The van der Waals surface area contributed by atoms with Crippen LogP contribution in [0.3, 0.4) is 0 Å². The van der Waals surface area contributed by atoms with Crippen molar-refractivity contribution in [3.05, 3.63) is 17.5 Å². The van der Waals surface area contributed by atoms with Gasteiger partial charge in [-0.2, -0.15) is 0 Å².